The van der Waals surface area contributed by atoms with Gasteiger partial charge in [0.1, 0.15) is 0 Å². The molecule has 1 saturated heterocycles. The Balaban J connectivity index is 1.59. The molecule has 14 heteroatoms. The molecule has 0 unspecified atom stereocenters. The zero-order valence-corrected chi connectivity index (χ0v) is 20.8. The van der Waals surface area contributed by atoms with E-state index in [1.807, 2.05) is 0 Å². The highest BCUT2D eigenvalue weighted by Gasteiger charge is 2.39. The fourth-order valence-electron chi connectivity index (χ4n) is 4.43. The van der Waals surface area contributed by atoms with Gasteiger partial charge in [-0.2, -0.15) is 36.4 Å². The number of aliphatic imine (C=N–C) groups is 1. The van der Waals surface area contributed by atoms with Gasteiger partial charge in [0, 0.05) is 18.5 Å². The van der Waals surface area contributed by atoms with Crippen LogP contribution in [0.25, 0.3) is 16.5 Å². The number of thioether (sulfide) groups is 1. The van der Waals surface area contributed by atoms with Crippen molar-refractivity contribution in [3.63, 3.8) is 0 Å². The van der Waals surface area contributed by atoms with Crippen LogP contribution >= 0.6 is 11.8 Å². The van der Waals surface area contributed by atoms with Crippen molar-refractivity contribution < 1.29 is 41.0 Å². The van der Waals surface area contributed by atoms with Crippen LogP contribution in [-0.4, -0.2) is 63.7 Å². The van der Waals surface area contributed by atoms with Gasteiger partial charge in [0.25, 0.3) is 5.91 Å². The molecule has 1 aromatic heterocycles. The van der Waals surface area contributed by atoms with E-state index >= 15 is 0 Å². The van der Waals surface area contributed by atoms with Gasteiger partial charge in [0.2, 0.25) is 0 Å². The maximum absolute atomic E-state index is 13.9. The quantitative estimate of drug-likeness (QED) is 0.344. The lowest BCUT2D eigenvalue weighted by molar-refractivity contribution is -0.143. The number of morpholine rings is 1. The predicted molar refractivity (Wildman–Crippen MR) is 132 cm³/mol. The molecule has 206 valence electrons. The van der Waals surface area contributed by atoms with E-state index < -0.39 is 47.5 Å². The topological polar surface area (TPSA) is 90.8 Å². The number of alkyl halides is 6. The Morgan fingerprint density at radius 1 is 1.13 bits per heavy atom. The molecule has 1 atom stereocenters. The third kappa shape index (κ3) is 5.68. The maximum Gasteiger partial charge on any atom is 0.416 e. The summed E-state index contributed by atoms with van der Waals surface area (Å²) in [4.78, 5) is 19.0. The number of hydrogen-bond donors (Lipinski definition) is 2. The average molecular weight is 571 g/mol. The van der Waals surface area contributed by atoms with Crippen LogP contribution in [0, 0.1) is 0 Å². The number of allylic oxidation sites excluding steroid dienone is 1. The number of carbonyl (C=O) groups is 1. The van der Waals surface area contributed by atoms with Gasteiger partial charge >= 0.3 is 12.4 Å². The summed E-state index contributed by atoms with van der Waals surface area (Å²) in [6.45, 7) is 0.685. The zero-order valence-electron chi connectivity index (χ0n) is 19.9. The number of ether oxygens (including phenoxy) is 1. The first kappa shape index (κ1) is 27.2. The van der Waals surface area contributed by atoms with E-state index in [2.05, 4.69) is 15.2 Å². The molecule has 1 fully saturated rings. The van der Waals surface area contributed by atoms with Crippen molar-refractivity contribution in [1.82, 2.24) is 15.1 Å². The number of nitrogens with zero attached hydrogens (tertiary/aromatic N) is 3. The number of benzene rings is 2. The van der Waals surface area contributed by atoms with Gasteiger partial charge in [0.15, 0.2) is 5.17 Å². The number of fused-ring (bicyclic) bond motifs is 1. The van der Waals surface area contributed by atoms with E-state index in [4.69, 9.17) is 4.74 Å². The minimum Gasteiger partial charge on any atom is -0.394 e. The summed E-state index contributed by atoms with van der Waals surface area (Å²) >= 11 is 0.972. The Kier molecular flexibility index (Phi) is 7.20. The van der Waals surface area contributed by atoms with Crippen LogP contribution in [0.5, 0.6) is 0 Å². The SMILES string of the molecule is O=C1N=C(N2CCO[C@@H](CO)C2)SC1=C(Cc1ccc(C(F)(F)F)cc1C(F)(F)F)c1ccc2[nH]ncc2c1. The Morgan fingerprint density at radius 2 is 1.92 bits per heavy atom. The third-order valence-corrected chi connectivity index (χ3v) is 7.53. The molecular weight excluding hydrogens is 550 g/mol. The molecule has 0 aliphatic carbocycles. The number of amides is 1. The van der Waals surface area contributed by atoms with Gasteiger partial charge in [-0.15, -0.1) is 0 Å². The molecule has 0 spiro atoms. The van der Waals surface area contributed by atoms with Gasteiger partial charge in [-0.3, -0.25) is 9.89 Å². The standard InChI is InChI=1S/C25H20F6N4O3S/c26-24(27,28)16-3-1-14(19(9-16)25(29,30)31)8-18(13-2-4-20-15(7-13)10-32-34-20)21-22(37)33-23(39-21)35-5-6-38-17(11-35)12-36/h1-4,7,9-10,17,36H,5-6,8,11-12H2,(H,32,34)/t17-/m1/s1. The predicted octanol–water partition coefficient (Wildman–Crippen LogP) is 4.88. The first-order chi connectivity index (χ1) is 18.4. The van der Waals surface area contributed by atoms with Gasteiger partial charge in [-0.25, -0.2) is 0 Å². The average Bonchev–Trinajstić information content (AvgIpc) is 3.52. The van der Waals surface area contributed by atoms with Crippen molar-refractivity contribution >= 4 is 39.3 Å². The molecule has 2 N–H and O–H groups in total. The van der Waals surface area contributed by atoms with Crippen LogP contribution in [0.1, 0.15) is 22.3 Å². The smallest absolute Gasteiger partial charge is 0.394 e. The number of hydrogen-bond acceptors (Lipinski definition) is 6. The summed E-state index contributed by atoms with van der Waals surface area (Å²) in [7, 11) is 0. The monoisotopic (exact) mass is 570 g/mol. The molecular formula is C25H20F6N4O3S. The number of aromatic nitrogens is 2. The second kappa shape index (κ2) is 10.3. The summed E-state index contributed by atoms with van der Waals surface area (Å²) < 4.78 is 86.9. The highest BCUT2D eigenvalue weighted by atomic mass is 32.2. The Bertz CT molecular complexity index is 1480. The minimum atomic E-state index is -5.07. The maximum atomic E-state index is 13.9. The fourth-order valence-corrected chi connectivity index (χ4v) is 5.48. The van der Waals surface area contributed by atoms with E-state index in [0.717, 1.165) is 17.8 Å². The van der Waals surface area contributed by atoms with Gasteiger partial charge < -0.3 is 14.7 Å². The molecule has 3 heterocycles. The van der Waals surface area contributed by atoms with E-state index in [1.54, 1.807) is 23.1 Å². The summed E-state index contributed by atoms with van der Waals surface area (Å²) in [5.41, 5.74) is -2.03. The number of halogens is 6. The Morgan fingerprint density at radius 3 is 2.64 bits per heavy atom. The van der Waals surface area contributed by atoms with E-state index in [9.17, 15) is 36.2 Å². The van der Waals surface area contributed by atoms with Crippen LogP contribution in [0.15, 0.2) is 52.5 Å². The minimum absolute atomic E-state index is 0.0629. The van der Waals surface area contributed by atoms with Crippen molar-refractivity contribution in [2.45, 2.75) is 24.9 Å². The Hall–Kier alpha value is -3.36. The van der Waals surface area contributed by atoms with Crippen LogP contribution in [-0.2, 0) is 28.3 Å². The first-order valence-electron chi connectivity index (χ1n) is 11.7. The summed E-state index contributed by atoms with van der Waals surface area (Å²) in [5, 5.41) is 17.1. The van der Waals surface area contributed by atoms with Crippen LogP contribution in [0.4, 0.5) is 26.3 Å². The second-order valence-corrected chi connectivity index (χ2v) is 9.92. The molecule has 5 rings (SSSR count). The number of amidine groups is 1. The summed E-state index contributed by atoms with van der Waals surface area (Å²) in [6.07, 6.45) is -9.49. The normalized spacial score (nSPS) is 20.1. The molecule has 1 amide bonds. The lowest BCUT2D eigenvalue weighted by atomic mass is 9.92. The van der Waals surface area contributed by atoms with Crippen LogP contribution < -0.4 is 0 Å². The molecule has 0 radical (unpaired) electrons. The molecule has 7 nitrogen and oxygen atoms in total. The van der Waals surface area contributed by atoms with Crippen molar-refractivity contribution in [3.05, 3.63) is 69.8 Å². The molecule has 0 bridgehead atoms. The number of H-pyrrole nitrogens is 1. The fraction of sp³-hybridized carbons (Fsp3) is 0.320. The molecule has 0 saturated carbocycles. The van der Waals surface area contributed by atoms with E-state index in [-0.39, 0.29) is 36.3 Å². The molecule has 2 aliphatic heterocycles. The highest BCUT2D eigenvalue weighted by molar-refractivity contribution is 8.18. The third-order valence-electron chi connectivity index (χ3n) is 6.37. The number of rotatable bonds is 4. The first-order valence-corrected chi connectivity index (χ1v) is 12.5. The lowest BCUT2D eigenvalue weighted by Crippen LogP contribution is -2.45. The highest BCUT2D eigenvalue weighted by Crippen LogP contribution is 2.42. The van der Waals surface area contributed by atoms with Crippen LogP contribution in [0.2, 0.25) is 0 Å². The van der Waals surface area contributed by atoms with Gasteiger partial charge in [-0.1, -0.05) is 12.1 Å². The van der Waals surface area contributed by atoms with E-state index in [0.29, 0.717) is 34.2 Å². The molecule has 2 aromatic carbocycles. The van der Waals surface area contributed by atoms with Gasteiger partial charge in [-0.05, 0) is 59.1 Å². The van der Waals surface area contributed by atoms with E-state index in [1.165, 1.54) is 6.20 Å². The zero-order chi connectivity index (χ0) is 27.9. The Labute approximate surface area is 221 Å². The summed E-state index contributed by atoms with van der Waals surface area (Å²) in [5.74, 6) is -0.676. The van der Waals surface area contributed by atoms with Crippen molar-refractivity contribution in [1.29, 1.82) is 0 Å². The van der Waals surface area contributed by atoms with Crippen molar-refractivity contribution in [2.24, 2.45) is 4.99 Å². The number of aliphatic hydroxyl groups is 1. The van der Waals surface area contributed by atoms with Gasteiger partial charge in [0.05, 0.1) is 47.1 Å². The summed E-state index contributed by atoms with van der Waals surface area (Å²) in [6, 6.07) is 6.37. The molecule has 39 heavy (non-hydrogen) atoms. The largest absolute Gasteiger partial charge is 0.416 e. The molecule has 2 aliphatic rings. The lowest BCUT2D eigenvalue weighted by Gasteiger charge is -2.32. The number of nitrogens with one attached hydrogen (secondary N) is 1. The van der Waals surface area contributed by atoms with Crippen molar-refractivity contribution in [2.75, 3.05) is 26.3 Å². The number of carbonyl (C=O) groups excluding carboxylic acids is 1. The van der Waals surface area contributed by atoms with Crippen LogP contribution in [0.3, 0.4) is 0 Å². The second-order valence-electron chi connectivity index (χ2n) is 8.95. The number of aliphatic hydroxyl groups excluding tert-OH is 1. The van der Waals surface area contributed by atoms with Crippen molar-refractivity contribution in [3.8, 4) is 0 Å². The number of aromatic amines is 1. The molecule has 3 aromatic rings.